The molecule has 0 saturated carbocycles. The van der Waals surface area contributed by atoms with E-state index in [2.05, 4.69) is 14.0 Å². The van der Waals surface area contributed by atoms with Gasteiger partial charge in [0.05, 0.1) is 30.5 Å². The number of phosphoric ester groups is 1. The summed E-state index contributed by atoms with van der Waals surface area (Å²) in [7, 11) is -1.28. The summed E-state index contributed by atoms with van der Waals surface area (Å²) in [4.78, 5) is 38.3. The molecule has 0 aliphatic carbocycles. The molecule has 52 heavy (non-hydrogen) atoms. The van der Waals surface area contributed by atoms with Gasteiger partial charge in [0.1, 0.15) is 19.8 Å². The van der Waals surface area contributed by atoms with Crippen LogP contribution >= 0.6 is 7.82 Å². The van der Waals surface area contributed by atoms with Crippen molar-refractivity contribution < 1.29 is 130 Å². The van der Waals surface area contributed by atoms with Crippen LogP contribution in [0.5, 0.6) is 0 Å². The number of carbonyl (C=O) groups excluding carboxylic acids is 2. The third-order valence-electron chi connectivity index (χ3n) is 4.07. The smallest absolute Gasteiger partial charge is 0.462 e. The summed E-state index contributed by atoms with van der Waals surface area (Å²) in [5.41, 5.74) is 0. The fourth-order valence-electron chi connectivity index (χ4n) is 2.06. The summed E-state index contributed by atoms with van der Waals surface area (Å²) < 4.78 is 558. The van der Waals surface area contributed by atoms with Crippen LogP contribution < -0.4 is 0 Å². The Labute approximate surface area is 410 Å². The van der Waals surface area contributed by atoms with E-state index in [1.165, 1.54) is 21.1 Å². The average Bonchev–Trinajstić information content (AvgIpc) is 0.682. The van der Waals surface area contributed by atoms with Crippen molar-refractivity contribution in [3.63, 3.8) is 0 Å². The van der Waals surface area contributed by atoms with Crippen LogP contribution in [0.15, 0.2) is 12.1 Å². The number of phosphoric acid groups is 1. The number of likely N-dealkylation sites (N-methyl/N-ethyl adjacent to an activating group) is 1. The maximum absolute atomic E-state index is 14.0. The van der Waals surface area contributed by atoms with Crippen LogP contribution in [0.2, 0.25) is 0 Å². The van der Waals surface area contributed by atoms with E-state index in [0.29, 0.717) is 0 Å². The van der Waals surface area contributed by atoms with E-state index in [1.807, 2.05) is 0 Å². The third kappa shape index (κ3) is 38.5. The molecule has 0 aromatic heterocycles. The van der Waals surface area contributed by atoms with Gasteiger partial charge in [0.25, 0.3) is 0 Å². The lowest BCUT2D eigenvalue weighted by Gasteiger charge is -2.24. The molecule has 9 nitrogen and oxygen atoms in total. The Morgan fingerprint density at radius 1 is 0.654 bits per heavy atom. The second kappa shape index (κ2) is 35.5. The van der Waals surface area contributed by atoms with Crippen LogP contribution in [0.3, 0.4) is 0 Å². The summed E-state index contributed by atoms with van der Waals surface area (Å²) in [5.74, 6) is -6.14. The van der Waals surface area contributed by atoms with Gasteiger partial charge in [0, 0.05) is 97.7 Å². The Balaban J connectivity index is 8.29. The highest BCUT2D eigenvalue weighted by molar-refractivity contribution is 7.47. The Hall–Kier alpha value is -1.25. The molecule has 0 aromatic carbocycles. The summed E-state index contributed by atoms with van der Waals surface area (Å²) in [6, 6.07) is -5.62. The molecule has 0 radical (unpaired) electrons. The monoisotopic (exact) mass is 825 g/mol. The first kappa shape index (κ1) is 9.71. The van der Waals surface area contributed by atoms with Crippen molar-refractivity contribution in [3.05, 3.63) is 12.1 Å². The topological polar surface area (TPSA) is 108 Å². The van der Waals surface area contributed by atoms with Crippen molar-refractivity contribution in [2.24, 2.45) is 0 Å². The summed E-state index contributed by atoms with van der Waals surface area (Å²) >= 11 is 0. The molecule has 0 amide bonds. The van der Waals surface area contributed by atoms with Gasteiger partial charge in [-0.1, -0.05) is 153 Å². The first-order valence-corrected chi connectivity index (χ1v) is 15.1. The molecule has 0 bridgehead atoms. The van der Waals surface area contributed by atoms with Crippen LogP contribution in [-0.4, -0.2) is 74.9 Å². The van der Waals surface area contributed by atoms with Gasteiger partial charge in [-0.05, 0) is 38.2 Å². The van der Waals surface area contributed by atoms with Crippen LogP contribution in [0.4, 0.5) is 0 Å². The summed E-state index contributed by atoms with van der Waals surface area (Å²) in [6.07, 6.45) is -149. The number of quaternary nitrogens is 1. The Morgan fingerprint density at radius 2 is 1.08 bits per heavy atom. The molecule has 0 saturated heterocycles. The largest absolute Gasteiger partial charge is 0.472 e. The molecule has 10 heteroatoms. The lowest BCUT2D eigenvalue weighted by Crippen LogP contribution is -2.37. The van der Waals surface area contributed by atoms with Crippen molar-refractivity contribution in [1.82, 2.24) is 0 Å². The van der Waals surface area contributed by atoms with Crippen molar-refractivity contribution in [2.45, 2.75) is 198 Å². The minimum atomic E-state index is -5.70. The Morgan fingerprint density at radius 3 is 1.54 bits per heavy atom. The van der Waals surface area contributed by atoms with Crippen molar-refractivity contribution in [3.8, 4) is 0 Å². The maximum Gasteiger partial charge on any atom is 0.472 e. The van der Waals surface area contributed by atoms with Crippen LogP contribution in [-0.2, 0) is 32.7 Å². The number of allylic oxidation sites excluding steroid dienone is 2. The number of hydrogen-bond donors (Lipinski definition) is 1. The van der Waals surface area contributed by atoms with Gasteiger partial charge < -0.3 is 18.9 Å². The van der Waals surface area contributed by atoms with Crippen LogP contribution in [0.25, 0.3) is 0 Å². The number of ether oxygens (including phenoxy) is 2. The van der Waals surface area contributed by atoms with Gasteiger partial charge in [-0.25, -0.2) is 4.57 Å². The minimum Gasteiger partial charge on any atom is -0.462 e. The zero-order valence-electron chi connectivity index (χ0n) is 91.6. The van der Waals surface area contributed by atoms with Gasteiger partial charge in [-0.15, -0.1) is 0 Å². The molecule has 0 spiro atoms. The van der Waals surface area contributed by atoms with E-state index < -0.39 is 250 Å². The molecule has 1 N–H and O–H groups in total. The molecule has 308 valence electrons. The van der Waals surface area contributed by atoms with Gasteiger partial charge >= 0.3 is 19.8 Å². The molecule has 0 aliphatic rings. The zero-order valence-corrected chi connectivity index (χ0v) is 28.5. The number of nitrogens with zero attached hydrogens (tertiary/aromatic N) is 1. The highest BCUT2D eigenvalue weighted by Gasteiger charge is 2.27. The normalized spacial score (nSPS) is 40.5. The number of hydrogen-bond acceptors (Lipinski definition) is 7. The van der Waals surface area contributed by atoms with E-state index in [0.717, 1.165) is 0 Å². The minimum absolute atomic E-state index is 0.0685. The van der Waals surface area contributed by atoms with Crippen LogP contribution in [0, 0.1) is 0 Å². The number of carbonyl (C=O) groups is 2. The molecular weight excluding hydrogens is 677 g/mol. The molecule has 0 fully saturated rings. The van der Waals surface area contributed by atoms with E-state index in [4.69, 9.17) is 92.3 Å². The third-order valence-corrected chi connectivity index (χ3v) is 5.05. The molecule has 0 aliphatic heterocycles. The predicted molar refractivity (Wildman–Crippen MR) is 215 cm³/mol. The van der Waals surface area contributed by atoms with Gasteiger partial charge in [0.2, 0.25) is 0 Å². The highest BCUT2D eigenvalue weighted by atomic mass is 31.2. The Kier molecular flexibility index (Phi) is 6.62. The molecular formula is C42H83NO8P+. The van der Waals surface area contributed by atoms with E-state index in [1.54, 1.807) is 0 Å². The SMILES string of the molecule is [2H]/C(=C(\[2H])C([2H])([2H])C([2H])([2H])C([2H])([2H])C([2H])([2H])C([2H])([2H])C([2H])([2H])C([2H])([2H])C([2H])([2H])[2H])C([2H])([2H])C([2H])([2H])C([2H])([2H])C([2H])([2H])C([2H])([2H])C([2H])([2H])C([2H])([2H])C(=O)O[C@H](COC(=O)C([2H])([2H])C([2H])([2H])C([2H])([2H])C([2H])([2H])C([2H])([2H])C([2H])([2H])C([2H])([2H])C([2H])([2H])C([2H])([2H])C([2H])([2H])C([2H])([2H])C([2H])([2H])C([2H])([2H])C([2H])([2H])C([2H])([2H])[2H])COP(=O)(O)OCC[N+](C)(C)C. The maximum atomic E-state index is 14.0. The summed E-state index contributed by atoms with van der Waals surface area (Å²) in [5, 5.41) is 0. The highest BCUT2D eigenvalue weighted by Crippen LogP contribution is 2.43. The van der Waals surface area contributed by atoms with Crippen molar-refractivity contribution >= 4 is 19.8 Å². The zero-order chi connectivity index (χ0) is 95.5. The van der Waals surface area contributed by atoms with Gasteiger partial charge in [0.15, 0.2) is 6.10 Å². The van der Waals surface area contributed by atoms with Gasteiger partial charge in [-0.3, -0.25) is 18.6 Å². The second-order valence-electron chi connectivity index (χ2n) is 8.99. The predicted octanol–water partition coefficient (Wildman–Crippen LogP) is 11.8. The molecule has 0 aromatic rings. The molecule has 0 rings (SSSR count). The first-order chi connectivity index (χ1) is 49.1. The second-order valence-corrected chi connectivity index (χ2v) is 10.4. The molecule has 1 unspecified atom stereocenters. The molecule has 2 atom stereocenters. The Bertz CT molecular complexity index is 3610. The number of rotatable bonds is 39. The summed E-state index contributed by atoms with van der Waals surface area (Å²) in [6.45, 7) is -13.8. The van der Waals surface area contributed by atoms with E-state index in [9.17, 15) is 19.0 Å². The lowest BCUT2D eigenvalue weighted by molar-refractivity contribution is -0.870. The average molecular weight is 825 g/mol. The molecule has 0 heterocycles. The fraction of sp³-hybridized carbons (Fsp3) is 0.905. The van der Waals surface area contributed by atoms with Gasteiger partial charge in [-0.2, -0.15) is 0 Å². The van der Waals surface area contributed by atoms with Crippen molar-refractivity contribution in [1.29, 1.82) is 0 Å². The van der Waals surface area contributed by atoms with Crippen LogP contribution in [0.1, 0.15) is 280 Å². The standard InChI is InChI=1S/C42H82NO8P/c1-6-8-10-12-14-16-18-20-21-23-25-27-29-31-33-35-42(45)51-40(39-50-52(46,47)49-37-36-43(3,4)5)38-48-41(44)34-32-30-28-26-24-22-19-17-15-13-11-9-7-2/h20-21,40H,6-19,22-39H2,1-5H3/p+1/b21-20-/t40-/m1/s1/i1D3,2D3,6D2,7D2,8D2,9D2,10D2,11D2,12D2,13D2,14D2,15D2,16D2,17D2,18D2,19D2,20D,21D,22D2,23D2,24D2,25D2,26D2,27D2,28D2,29D2,30D2,31D2,32D2,33D2,34D2,35D2. The quantitative estimate of drug-likeness (QED) is 0.0282. The van der Waals surface area contributed by atoms with Crippen molar-refractivity contribution in [2.75, 3.05) is 47.5 Å². The van der Waals surface area contributed by atoms with E-state index >= 15 is 0 Å². The first-order valence-electron chi connectivity index (χ1n) is 45.6. The van der Waals surface area contributed by atoms with E-state index in [-0.39, 0.29) is 11.0 Å². The number of esters is 2. The fourth-order valence-corrected chi connectivity index (χ4v) is 2.80. The lowest BCUT2D eigenvalue weighted by atomic mass is 10.0.